The molecule has 0 saturated heterocycles. The van der Waals surface area contributed by atoms with E-state index in [1.807, 2.05) is 28.8 Å². The van der Waals surface area contributed by atoms with E-state index < -0.39 is 0 Å². The van der Waals surface area contributed by atoms with E-state index in [-0.39, 0.29) is 0 Å². The van der Waals surface area contributed by atoms with Gasteiger partial charge in [0.1, 0.15) is 12.7 Å². The van der Waals surface area contributed by atoms with E-state index in [1.54, 1.807) is 31.5 Å². The first-order valence-electron chi connectivity index (χ1n) is 7.93. The van der Waals surface area contributed by atoms with Gasteiger partial charge in [0, 0.05) is 42.4 Å². The average molecular weight is 367 g/mol. The van der Waals surface area contributed by atoms with Crippen molar-refractivity contribution in [3.63, 3.8) is 0 Å². The second-order valence-electron chi connectivity index (χ2n) is 5.13. The third-order valence-corrected chi connectivity index (χ3v) is 4.57. The zero-order valence-electron chi connectivity index (χ0n) is 13.8. The molecule has 0 atom stereocenters. The minimum atomic E-state index is 0.770. The van der Waals surface area contributed by atoms with E-state index >= 15 is 0 Å². The van der Waals surface area contributed by atoms with Gasteiger partial charge in [0.2, 0.25) is 0 Å². The van der Waals surface area contributed by atoms with E-state index in [2.05, 4.69) is 25.8 Å². The fourth-order valence-corrected chi connectivity index (χ4v) is 2.95. The van der Waals surface area contributed by atoms with Gasteiger partial charge >= 0.3 is 0 Å². The zero-order chi connectivity index (χ0) is 17.0. The summed E-state index contributed by atoms with van der Waals surface area (Å²) in [7, 11) is 1.79. The number of unbranched alkanes of at least 4 members (excludes halogenated alkanes) is 1. The number of aliphatic imine (C=N–C) groups is 1. The van der Waals surface area contributed by atoms with Crippen LogP contribution in [0.3, 0.4) is 0 Å². The molecule has 24 heavy (non-hydrogen) atoms. The number of guanidine groups is 1. The molecule has 2 N–H and O–H groups in total. The fourth-order valence-electron chi connectivity index (χ4n) is 2.05. The molecule has 1 aromatic heterocycles. The summed E-state index contributed by atoms with van der Waals surface area (Å²) in [6.45, 7) is 2.69. The maximum absolute atomic E-state index is 5.88. The monoisotopic (exact) mass is 366 g/mol. The average Bonchev–Trinajstić information content (AvgIpc) is 3.11. The maximum atomic E-state index is 5.88. The molecular weight excluding hydrogens is 344 g/mol. The number of thioether (sulfide) groups is 1. The van der Waals surface area contributed by atoms with Crippen LogP contribution in [0.15, 0.2) is 46.8 Å². The van der Waals surface area contributed by atoms with Gasteiger partial charge in [0.05, 0.1) is 0 Å². The van der Waals surface area contributed by atoms with E-state index in [0.717, 1.165) is 49.2 Å². The molecule has 0 unspecified atom stereocenters. The topological polar surface area (TPSA) is 67.1 Å². The molecule has 0 saturated carbocycles. The van der Waals surface area contributed by atoms with Gasteiger partial charge in [-0.1, -0.05) is 11.6 Å². The van der Waals surface area contributed by atoms with Crippen molar-refractivity contribution >= 4 is 29.3 Å². The lowest BCUT2D eigenvalue weighted by molar-refractivity contribution is 0.598. The van der Waals surface area contributed by atoms with Crippen LogP contribution < -0.4 is 10.6 Å². The van der Waals surface area contributed by atoms with Crippen molar-refractivity contribution in [2.24, 2.45) is 4.99 Å². The van der Waals surface area contributed by atoms with E-state index in [0.29, 0.717) is 0 Å². The van der Waals surface area contributed by atoms with Gasteiger partial charge in [-0.25, -0.2) is 0 Å². The quantitative estimate of drug-likeness (QED) is 0.309. The highest BCUT2D eigenvalue weighted by molar-refractivity contribution is 7.99. The number of nitrogens with zero attached hydrogens (tertiary/aromatic N) is 4. The second-order valence-corrected chi connectivity index (χ2v) is 6.74. The summed E-state index contributed by atoms with van der Waals surface area (Å²) in [4.78, 5) is 5.45. The molecule has 2 aromatic rings. The highest BCUT2D eigenvalue weighted by Crippen LogP contribution is 2.19. The summed E-state index contributed by atoms with van der Waals surface area (Å²) in [5.74, 6) is 1.81. The lowest BCUT2D eigenvalue weighted by Crippen LogP contribution is -2.38. The van der Waals surface area contributed by atoms with Crippen LogP contribution >= 0.6 is 23.4 Å². The van der Waals surface area contributed by atoms with Crippen molar-refractivity contribution in [3.05, 3.63) is 41.9 Å². The first-order valence-corrected chi connectivity index (χ1v) is 9.29. The summed E-state index contributed by atoms with van der Waals surface area (Å²) in [6.07, 6.45) is 5.63. The Balaban J connectivity index is 1.53. The molecule has 2 rings (SSSR count). The van der Waals surface area contributed by atoms with Gasteiger partial charge in [-0.3, -0.25) is 4.99 Å². The Hall–Kier alpha value is -1.73. The highest BCUT2D eigenvalue weighted by Gasteiger charge is 1.98. The Morgan fingerprint density at radius 3 is 2.54 bits per heavy atom. The Morgan fingerprint density at radius 2 is 1.83 bits per heavy atom. The predicted octanol–water partition coefficient (Wildman–Crippen LogP) is 2.67. The first-order chi connectivity index (χ1) is 11.8. The van der Waals surface area contributed by atoms with E-state index in [9.17, 15) is 0 Å². The minimum Gasteiger partial charge on any atom is -0.356 e. The SMILES string of the molecule is CN=C(NCCCCn1cnnc1)NCCSc1ccc(Cl)cc1. The number of aromatic nitrogens is 3. The summed E-state index contributed by atoms with van der Waals surface area (Å²) >= 11 is 7.67. The van der Waals surface area contributed by atoms with Crippen LogP contribution in [0, 0.1) is 0 Å². The van der Waals surface area contributed by atoms with Crippen LogP contribution in [-0.2, 0) is 6.54 Å². The molecule has 0 aliphatic heterocycles. The highest BCUT2D eigenvalue weighted by atomic mass is 35.5. The Kier molecular flexibility index (Phi) is 8.48. The van der Waals surface area contributed by atoms with Crippen LogP contribution in [0.1, 0.15) is 12.8 Å². The van der Waals surface area contributed by atoms with Crippen molar-refractivity contribution in [1.82, 2.24) is 25.4 Å². The van der Waals surface area contributed by atoms with Gasteiger partial charge in [-0.05, 0) is 37.1 Å². The lowest BCUT2D eigenvalue weighted by Gasteiger charge is -2.11. The predicted molar refractivity (Wildman–Crippen MR) is 101 cm³/mol. The molecule has 0 aliphatic carbocycles. The third kappa shape index (κ3) is 7.23. The molecule has 0 fully saturated rings. The molecule has 6 nitrogen and oxygen atoms in total. The van der Waals surface area contributed by atoms with Crippen molar-refractivity contribution in [3.8, 4) is 0 Å². The Bertz CT molecular complexity index is 600. The van der Waals surface area contributed by atoms with Crippen molar-refractivity contribution in [2.45, 2.75) is 24.3 Å². The van der Waals surface area contributed by atoms with Crippen LogP contribution in [0.25, 0.3) is 0 Å². The number of rotatable bonds is 9. The molecule has 0 amide bonds. The van der Waals surface area contributed by atoms with Crippen LogP contribution in [0.2, 0.25) is 5.02 Å². The number of hydrogen-bond acceptors (Lipinski definition) is 4. The zero-order valence-corrected chi connectivity index (χ0v) is 15.4. The fraction of sp³-hybridized carbons (Fsp3) is 0.438. The van der Waals surface area contributed by atoms with Gasteiger partial charge in [-0.2, -0.15) is 0 Å². The lowest BCUT2D eigenvalue weighted by atomic mass is 10.3. The molecule has 0 bridgehead atoms. The Labute approximate surface area is 152 Å². The normalized spacial score (nSPS) is 11.5. The number of halogens is 1. The van der Waals surface area contributed by atoms with Crippen molar-refractivity contribution in [1.29, 1.82) is 0 Å². The largest absolute Gasteiger partial charge is 0.356 e. The van der Waals surface area contributed by atoms with Crippen molar-refractivity contribution < 1.29 is 0 Å². The van der Waals surface area contributed by atoms with Gasteiger partial charge in [0.15, 0.2) is 5.96 Å². The number of aryl methyl sites for hydroxylation is 1. The molecule has 0 aliphatic rings. The van der Waals surface area contributed by atoms with Crippen LogP contribution in [0.5, 0.6) is 0 Å². The summed E-state index contributed by atoms with van der Waals surface area (Å²) in [5.41, 5.74) is 0. The second kappa shape index (κ2) is 10.9. The first kappa shape index (κ1) is 18.6. The summed E-state index contributed by atoms with van der Waals surface area (Å²) < 4.78 is 1.99. The van der Waals surface area contributed by atoms with Gasteiger partial charge in [-0.15, -0.1) is 22.0 Å². The number of benzene rings is 1. The third-order valence-electron chi connectivity index (χ3n) is 3.30. The minimum absolute atomic E-state index is 0.770. The smallest absolute Gasteiger partial charge is 0.191 e. The van der Waals surface area contributed by atoms with Gasteiger partial charge < -0.3 is 15.2 Å². The standard InChI is InChI=1S/C16H23ClN6S/c1-18-16(19-8-2-3-10-23-12-21-22-13-23)20-9-11-24-15-6-4-14(17)5-7-15/h4-7,12-13H,2-3,8-11H2,1H3,(H2,18,19,20). The van der Waals surface area contributed by atoms with Gasteiger partial charge in [0.25, 0.3) is 0 Å². The molecule has 0 radical (unpaired) electrons. The van der Waals surface area contributed by atoms with Crippen molar-refractivity contribution in [2.75, 3.05) is 25.9 Å². The number of nitrogens with one attached hydrogen (secondary N) is 2. The van der Waals surface area contributed by atoms with E-state index in [4.69, 9.17) is 11.6 Å². The number of hydrogen-bond donors (Lipinski definition) is 2. The molecule has 8 heteroatoms. The molecule has 1 aromatic carbocycles. The molecule has 130 valence electrons. The molecular formula is C16H23ClN6S. The Morgan fingerprint density at radius 1 is 1.12 bits per heavy atom. The summed E-state index contributed by atoms with van der Waals surface area (Å²) in [5, 5.41) is 15.0. The van der Waals surface area contributed by atoms with Crippen LogP contribution in [0.4, 0.5) is 0 Å². The summed E-state index contributed by atoms with van der Waals surface area (Å²) in [6, 6.07) is 7.90. The maximum Gasteiger partial charge on any atom is 0.191 e. The molecule has 1 heterocycles. The van der Waals surface area contributed by atoms with Crippen LogP contribution in [-0.4, -0.2) is 46.6 Å². The van der Waals surface area contributed by atoms with E-state index in [1.165, 1.54) is 4.90 Å². The molecule has 0 spiro atoms.